The van der Waals surface area contributed by atoms with Crippen molar-refractivity contribution >= 4 is 23.4 Å². The Morgan fingerprint density at radius 3 is 2.23 bits per heavy atom. The van der Waals surface area contributed by atoms with Crippen molar-refractivity contribution in [1.29, 1.82) is 0 Å². The Kier molecular flexibility index (Phi) is 5.97. The number of carbonyl (C=O) groups is 3. The van der Waals surface area contributed by atoms with Crippen LogP contribution in [0.5, 0.6) is 0 Å². The first-order chi connectivity index (χ1) is 14.1. The number of hydrazine groups is 1. The zero-order valence-electron chi connectivity index (χ0n) is 18.2. The lowest BCUT2D eigenvalue weighted by atomic mass is 9.87. The molecule has 0 unspecified atom stereocenters. The first-order valence-electron chi connectivity index (χ1n) is 10.1. The number of carbonyl (C=O) groups excluding carboxylic acids is 3. The van der Waals surface area contributed by atoms with E-state index in [4.69, 9.17) is 0 Å². The molecule has 0 radical (unpaired) electrons. The molecule has 6 heteroatoms. The maximum absolute atomic E-state index is 12.5. The van der Waals surface area contributed by atoms with E-state index in [2.05, 4.69) is 31.6 Å². The Hall–Kier alpha value is -3.15. The molecule has 0 aromatic heterocycles. The summed E-state index contributed by atoms with van der Waals surface area (Å²) < 4.78 is 0. The van der Waals surface area contributed by atoms with Crippen molar-refractivity contribution in [1.82, 2.24) is 10.9 Å². The van der Waals surface area contributed by atoms with Crippen LogP contribution in [-0.2, 0) is 15.0 Å². The number of benzene rings is 2. The van der Waals surface area contributed by atoms with Crippen molar-refractivity contribution < 1.29 is 14.4 Å². The SMILES string of the molecule is Cc1ccc(N2C[C@H](C(=O)NNC(=O)c3ccc(C(C)(C)C)cc3)CC2=O)cc1C. The normalized spacial score (nSPS) is 16.5. The molecule has 1 aliphatic rings. The summed E-state index contributed by atoms with van der Waals surface area (Å²) in [5, 5.41) is 0. The van der Waals surface area contributed by atoms with Gasteiger partial charge >= 0.3 is 0 Å². The van der Waals surface area contributed by atoms with Gasteiger partial charge in [-0.2, -0.15) is 0 Å². The van der Waals surface area contributed by atoms with Crippen LogP contribution in [-0.4, -0.2) is 24.3 Å². The average molecular weight is 408 g/mol. The van der Waals surface area contributed by atoms with Crippen molar-refractivity contribution in [3.05, 3.63) is 64.7 Å². The Balaban J connectivity index is 1.58. The molecule has 6 nitrogen and oxygen atoms in total. The van der Waals surface area contributed by atoms with Gasteiger partial charge in [0, 0.05) is 24.2 Å². The van der Waals surface area contributed by atoms with Gasteiger partial charge < -0.3 is 4.90 Å². The number of hydrogen-bond acceptors (Lipinski definition) is 3. The number of nitrogens with zero attached hydrogens (tertiary/aromatic N) is 1. The fourth-order valence-electron chi connectivity index (χ4n) is 3.44. The molecule has 1 fully saturated rings. The molecule has 3 rings (SSSR count). The van der Waals surface area contributed by atoms with E-state index in [0.717, 1.165) is 22.4 Å². The minimum absolute atomic E-state index is 0.0000962. The third-order valence-corrected chi connectivity index (χ3v) is 5.61. The summed E-state index contributed by atoms with van der Waals surface area (Å²) in [5.74, 6) is -1.36. The van der Waals surface area contributed by atoms with Crippen LogP contribution in [0.3, 0.4) is 0 Å². The molecule has 0 saturated carbocycles. The van der Waals surface area contributed by atoms with Crippen LogP contribution in [0, 0.1) is 19.8 Å². The first-order valence-corrected chi connectivity index (χ1v) is 10.1. The maximum Gasteiger partial charge on any atom is 0.269 e. The Bertz CT molecular complexity index is 974. The van der Waals surface area contributed by atoms with Crippen molar-refractivity contribution in [2.24, 2.45) is 5.92 Å². The van der Waals surface area contributed by atoms with E-state index in [1.807, 2.05) is 44.2 Å². The predicted molar refractivity (Wildman–Crippen MR) is 117 cm³/mol. The Morgan fingerprint density at radius 1 is 0.967 bits per heavy atom. The van der Waals surface area contributed by atoms with Crippen LogP contribution in [0.4, 0.5) is 5.69 Å². The van der Waals surface area contributed by atoms with Crippen molar-refractivity contribution in [3.8, 4) is 0 Å². The van der Waals surface area contributed by atoms with E-state index in [0.29, 0.717) is 12.1 Å². The Labute approximate surface area is 177 Å². The van der Waals surface area contributed by atoms with Gasteiger partial charge in [-0.3, -0.25) is 25.2 Å². The van der Waals surface area contributed by atoms with Gasteiger partial charge in [0.1, 0.15) is 0 Å². The largest absolute Gasteiger partial charge is 0.312 e. The monoisotopic (exact) mass is 407 g/mol. The third-order valence-electron chi connectivity index (χ3n) is 5.61. The highest BCUT2D eigenvalue weighted by molar-refractivity contribution is 6.01. The standard InChI is InChI=1S/C24H29N3O3/c1-15-6-11-20(12-16(15)2)27-14-18(13-21(27)28)23(30)26-25-22(29)17-7-9-19(10-8-17)24(3,4)5/h6-12,18H,13-14H2,1-5H3,(H,25,29)(H,26,30)/t18-/m1/s1. The molecule has 1 atom stereocenters. The van der Waals surface area contributed by atoms with Crippen LogP contribution in [0.1, 0.15) is 54.2 Å². The average Bonchev–Trinajstić information content (AvgIpc) is 3.09. The molecule has 2 aromatic rings. The summed E-state index contributed by atoms with van der Waals surface area (Å²) in [5.41, 5.74) is 9.54. The van der Waals surface area contributed by atoms with Gasteiger partial charge in [0.25, 0.3) is 5.91 Å². The van der Waals surface area contributed by atoms with E-state index >= 15 is 0 Å². The highest BCUT2D eigenvalue weighted by Gasteiger charge is 2.35. The van der Waals surface area contributed by atoms with Gasteiger partial charge in [-0.25, -0.2) is 0 Å². The molecule has 0 bridgehead atoms. The van der Waals surface area contributed by atoms with Crippen LogP contribution in [0.15, 0.2) is 42.5 Å². The summed E-state index contributed by atoms with van der Waals surface area (Å²) in [4.78, 5) is 38.9. The van der Waals surface area contributed by atoms with Crippen molar-refractivity contribution in [2.75, 3.05) is 11.4 Å². The fourth-order valence-corrected chi connectivity index (χ4v) is 3.44. The van der Waals surface area contributed by atoms with E-state index in [9.17, 15) is 14.4 Å². The van der Waals surface area contributed by atoms with Crippen molar-refractivity contribution in [3.63, 3.8) is 0 Å². The highest BCUT2D eigenvalue weighted by atomic mass is 16.2. The second-order valence-corrected chi connectivity index (χ2v) is 8.94. The van der Waals surface area contributed by atoms with E-state index in [1.54, 1.807) is 17.0 Å². The highest BCUT2D eigenvalue weighted by Crippen LogP contribution is 2.27. The zero-order chi connectivity index (χ0) is 22.1. The number of hydrogen-bond donors (Lipinski definition) is 2. The molecular weight excluding hydrogens is 378 g/mol. The predicted octanol–water partition coefficient (Wildman–Crippen LogP) is 3.42. The topological polar surface area (TPSA) is 78.5 Å². The van der Waals surface area contributed by atoms with Gasteiger partial charge in [0.05, 0.1) is 5.92 Å². The molecule has 2 N–H and O–H groups in total. The number of amides is 3. The lowest BCUT2D eigenvalue weighted by molar-refractivity contribution is -0.126. The molecule has 2 aromatic carbocycles. The number of rotatable bonds is 3. The summed E-state index contributed by atoms with van der Waals surface area (Å²) in [6.45, 7) is 10.6. The molecule has 3 amide bonds. The quantitative estimate of drug-likeness (QED) is 0.766. The fraction of sp³-hybridized carbons (Fsp3) is 0.375. The molecule has 30 heavy (non-hydrogen) atoms. The molecule has 0 spiro atoms. The summed E-state index contributed by atoms with van der Waals surface area (Å²) >= 11 is 0. The molecule has 1 aliphatic heterocycles. The summed E-state index contributed by atoms with van der Waals surface area (Å²) in [6.07, 6.45) is 0.120. The van der Waals surface area contributed by atoms with Gasteiger partial charge in [0.2, 0.25) is 11.8 Å². The summed E-state index contributed by atoms with van der Waals surface area (Å²) in [7, 11) is 0. The van der Waals surface area contributed by atoms with Crippen LogP contribution < -0.4 is 15.8 Å². The smallest absolute Gasteiger partial charge is 0.269 e. The lowest BCUT2D eigenvalue weighted by Crippen LogP contribution is -2.45. The second kappa shape index (κ2) is 8.30. The number of nitrogens with one attached hydrogen (secondary N) is 2. The zero-order valence-corrected chi connectivity index (χ0v) is 18.2. The number of anilines is 1. The summed E-state index contributed by atoms with van der Waals surface area (Å²) in [6, 6.07) is 13.1. The van der Waals surface area contributed by atoms with E-state index < -0.39 is 5.92 Å². The van der Waals surface area contributed by atoms with Gasteiger partial charge in [-0.15, -0.1) is 0 Å². The van der Waals surface area contributed by atoms with Crippen LogP contribution in [0.2, 0.25) is 0 Å². The maximum atomic E-state index is 12.5. The van der Waals surface area contributed by atoms with E-state index in [1.165, 1.54) is 0 Å². The number of aryl methyl sites for hydroxylation is 2. The lowest BCUT2D eigenvalue weighted by Gasteiger charge is -2.19. The molecular formula is C24H29N3O3. The van der Waals surface area contributed by atoms with Gasteiger partial charge in [-0.1, -0.05) is 39.0 Å². The van der Waals surface area contributed by atoms with Gasteiger partial charge in [-0.05, 0) is 60.2 Å². The molecule has 1 saturated heterocycles. The van der Waals surface area contributed by atoms with E-state index in [-0.39, 0.29) is 29.6 Å². The third kappa shape index (κ3) is 4.70. The van der Waals surface area contributed by atoms with Crippen LogP contribution >= 0.6 is 0 Å². The second-order valence-electron chi connectivity index (χ2n) is 8.94. The first kappa shape index (κ1) is 21.6. The minimum atomic E-state index is -0.511. The minimum Gasteiger partial charge on any atom is -0.312 e. The Morgan fingerprint density at radius 2 is 1.63 bits per heavy atom. The molecule has 158 valence electrons. The van der Waals surface area contributed by atoms with Crippen LogP contribution in [0.25, 0.3) is 0 Å². The van der Waals surface area contributed by atoms with Gasteiger partial charge in [0.15, 0.2) is 0 Å². The molecule has 0 aliphatic carbocycles. The van der Waals surface area contributed by atoms with Crippen molar-refractivity contribution in [2.45, 2.75) is 46.5 Å². The molecule has 1 heterocycles.